The highest BCUT2D eigenvalue weighted by Gasteiger charge is 2.25. The standard InChI is InChI=1S/C22H18FN3O2S/c23-17-4-5-21-18(12-17)20(16-6-9-24-10-7-16)14-26(21)29(27,28)22-3-1-2-15-8-11-25-13-19(15)22/h1-6,8,11-14,24H,7,9-10H2. The Bertz CT molecular complexity index is 1380. The topological polar surface area (TPSA) is 64.0 Å². The number of aromatic nitrogens is 2. The van der Waals surface area contributed by atoms with Crippen LogP contribution in [0.1, 0.15) is 12.0 Å². The molecule has 7 heteroatoms. The molecule has 1 N–H and O–H groups in total. The second-order valence-electron chi connectivity index (χ2n) is 7.04. The van der Waals surface area contributed by atoms with Gasteiger partial charge in [-0.25, -0.2) is 16.8 Å². The lowest BCUT2D eigenvalue weighted by Gasteiger charge is -2.13. The van der Waals surface area contributed by atoms with Crippen LogP contribution in [0.2, 0.25) is 0 Å². The molecular formula is C22H18FN3O2S. The lowest BCUT2D eigenvalue weighted by molar-refractivity contribution is 0.589. The van der Waals surface area contributed by atoms with Gasteiger partial charge in [0.15, 0.2) is 0 Å². The van der Waals surface area contributed by atoms with Crippen LogP contribution in [0.25, 0.3) is 27.2 Å². The molecule has 0 fully saturated rings. The maximum Gasteiger partial charge on any atom is 0.268 e. The Kier molecular flexibility index (Phi) is 4.22. The van der Waals surface area contributed by atoms with Crippen molar-refractivity contribution in [2.75, 3.05) is 13.1 Å². The number of halogens is 1. The highest BCUT2D eigenvalue weighted by atomic mass is 32.2. The van der Waals surface area contributed by atoms with Crippen molar-refractivity contribution in [2.24, 2.45) is 0 Å². The van der Waals surface area contributed by atoms with Crippen molar-refractivity contribution in [1.82, 2.24) is 14.3 Å². The van der Waals surface area contributed by atoms with Gasteiger partial charge in [0.25, 0.3) is 10.0 Å². The number of hydrogen-bond donors (Lipinski definition) is 1. The molecule has 1 aliphatic rings. The molecule has 2 aromatic carbocycles. The Morgan fingerprint density at radius 1 is 1.10 bits per heavy atom. The zero-order valence-electron chi connectivity index (χ0n) is 15.5. The first-order valence-electron chi connectivity index (χ1n) is 9.35. The minimum atomic E-state index is -3.91. The molecule has 2 aromatic heterocycles. The van der Waals surface area contributed by atoms with Crippen LogP contribution in [-0.2, 0) is 10.0 Å². The molecular weight excluding hydrogens is 389 g/mol. The molecule has 5 rings (SSSR count). The fourth-order valence-electron chi connectivity index (χ4n) is 3.91. The van der Waals surface area contributed by atoms with Gasteiger partial charge in [-0.15, -0.1) is 0 Å². The third kappa shape index (κ3) is 2.94. The summed E-state index contributed by atoms with van der Waals surface area (Å²) in [5.74, 6) is -0.391. The van der Waals surface area contributed by atoms with Crippen LogP contribution < -0.4 is 5.32 Å². The summed E-state index contributed by atoms with van der Waals surface area (Å²) in [7, 11) is -3.91. The first kappa shape index (κ1) is 18.0. The second-order valence-corrected chi connectivity index (χ2v) is 8.82. The summed E-state index contributed by atoms with van der Waals surface area (Å²) in [6.07, 6.45) is 7.60. The van der Waals surface area contributed by atoms with Gasteiger partial charge in [-0.3, -0.25) is 4.98 Å². The van der Waals surface area contributed by atoms with Gasteiger partial charge in [-0.1, -0.05) is 18.2 Å². The average Bonchev–Trinajstić information content (AvgIpc) is 3.13. The molecule has 0 atom stereocenters. The third-order valence-electron chi connectivity index (χ3n) is 5.32. The van der Waals surface area contributed by atoms with Crippen LogP contribution in [0.15, 0.2) is 72.0 Å². The van der Waals surface area contributed by atoms with Gasteiger partial charge < -0.3 is 5.32 Å². The molecule has 0 saturated heterocycles. The van der Waals surface area contributed by atoms with Crippen molar-refractivity contribution < 1.29 is 12.8 Å². The molecule has 3 heterocycles. The molecule has 0 spiro atoms. The second kappa shape index (κ2) is 6.79. The molecule has 0 unspecified atom stereocenters. The van der Waals surface area contributed by atoms with E-state index in [0.29, 0.717) is 22.8 Å². The normalized spacial score (nSPS) is 15.0. The quantitative estimate of drug-likeness (QED) is 0.559. The van der Waals surface area contributed by atoms with Crippen molar-refractivity contribution in [2.45, 2.75) is 11.3 Å². The van der Waals surface area contributed by atoms with E-state index in [0.717, 1.165) is 29.5 Å². The lowest BCUT2D eigenvalue weighted by Crippen LogP contribution is -2.20. The molecule has 0 saturated carbocycles. The molecule has 29 heavy (non-hydrogen) atoms. The molecule has 0 amide bonds. The number of fused-ring (bicyclic) bond motifs is 2. The predicted molar refractivity (Wildman–Crippen MR) is 112 cm³/mol. The van der Waals surface area contributed by atoms with Crippen molar-refractivity contribution in [3.8, 4) is 0 Å². The van der Waals surface area contributed by atoms with Gasteiger partial charge in [0.1, 0.15) is 5.82 Å². The molecule has 0 bridgehead atoms. The fourth-order valence-corrected chi connectivity index (χ4v) is 5.48. The minimum Gasteiger partial charge on any atom is -0.313 e. The zero-order chi connectivity index (χ0) is 20.0. The molecule has 5 nitrogen and oxygen atoms in total. The summed E-state index contributed by atoms with van der Waals surface area (Å²) < 4.78 is 42.6. The average molecular weight is 407 g/mol. The van der Waals surface area contributed by atoms with Crippen LogP contribution in [0.3, 0.4) is 0 Å². The maximum absolute atomic E-state index is 14.0. The van der Waals surface area contributed by atoms with E-state index >= 15 is 0 Å². The Morgan fingerprint density at radius 3 is 2.83 bits per heavy atom. The maximum atomic E-state index is 14.0. The van der Waals surface area contributed by atoms with Crippen molar-refractivity contribution in [1.29, 1.82) is 0 Å². The number of nitrogens with one attached hydrogen (secondary N) is 1. The Hall–Kier alpha value is -3.03. The number of pyridine rings is 1. The van der Waals surface area contributed by atoms with E-state index in [-0.39, 0.29) is 4.90 Å². The fraction of sp³-hybridized carbons (Fsp3) is 0.136. The smallest absolute Gasteiger partial charge is 0.268 e. The number of rotatable bonds is 3. The van der Waals surface area contributed by atoms with E-state index in [1.807, 2.05) is 12.1 Å². The van der Waals surface area contributed by atoms with Gasteiger partial charge in [-0.2, -0.15) is 0 Å². The largest absolute Gasteiger partial charge is 0.313 e. The molecule has 0 aliphatic carbocycles. The van der Waals surface area contributed by atoms with Crippen molar-refractivity contribution in [3.63, 3.8) is 0 Å². The van der Waals surface area contributed by atoms with E-state index in [2.05, 4.69) is 10.3 Å². The highest BCUT2D eigenvalue weighted by Crippen LogP contribution is 2.34. The van der Waals surface area contributed by atoms with Crippen LogP contribution in [-0.4, -0.2) is 30.5 Å². The number of hydrogen-bond acceptors (Lipinski definition) is 4. The molecule has 4 aromatic rings. The van der Waals surface area contributed by atoms with Gasteiger partial charge in [0.2, 0.25) is 0 Å². The summed E-state index contributed by atoms with van der Waals surface area (Å²) in [6, 6.07) is 11.2. The Labute approximate surface area is 167 Å². The van der Waals surface area contributed by atoms with Crippen LogP contribution in [0, 0.1) is 5.82 Å². The summed E-state index contributed by atoms with van der Waals surface area (Å²) in [5, 5.41) is 5.19. The van der Waals surface area contributed by atoms with E-state index in [9.17, 15) is 12.8 Å². The van der Waals surface area contributed by atoms with E-state index in [1.54, 1.807) is 36.8 Å². The first-order chi connectivity index (χ1) is 14.1. The van der Waals surface area contributed by atoms with Crippen LogP contribution in [0.4, 0.5) is 4.39 Å². The first-order valence-corrected chi connectivity index (χ1v) is 10.8. The van der Waals surface area contributed by atoms with Crippen LogP contribution >= 0.6 is 0 Å². The molecule has 0 radical (unpaired) electrons. The zero-order valence-corrected chi connectivity index (χ0v) is 16.3. The van der Waals surface area contributed by atoms with Crippen LogP contribution in [0.5, 0.6) is 0 Å². The van der Waals surface area contributed by atoms with E-state index in [4.69, 9.17) is 0 Å². The van der Waals surface area contributed by atoms with Gasteiger partial charge in [0, 0.05) is 41.5 Å². The predicted octanol–water partition coefficient (Wildman–Crippen LogP) is 3.94. The highest BCUT2D eigenvalue weighted by molar-refractivity contribution is 7.90. The van der Waals surface area contributed by atoms with Gasteiger partial charge in [0.05, 0.1) is 10.4 Å². The van der Waals surface area contributed by atoms with Gasteiger partial charge >= 0.3 is 0 Å². The Morgan fingerprint density at radius 2 is 2.00 bits per heavy atom. The van der Waals surface area contributed by atoms with E-state index in [1.165, 1.54) is 22.2 Å². The van der Waals surface area contributed by atoms with Gasteiger partial charge in [-0.05, 0) is 54.3 Å². The van der Waals surface area contributed by atoms with Crippen molar-refractivity contribution >= 4 is 37.3 Å². The van der Waals surface area contributed by atoms with E-state index < -0.39 is 15.8 Å². The number of benzene rings is 2. The molecule has 1 aliphatic heterocycles. The number of nitrogens with zero attached hydrogens (tertiary/aromatic N) is 2. The molecule has 146 valence electrons. The van der Waals surface area contributed by atoms with Crippen molar-refractivity contribution in [3.05, 3.63) is 78.5 Å². The summed E-state index contributed by atoms with van der Waals surface area (Å²) in [4.78, 5) is 4.27. The minimum absolute atomic E-state index is 0.176. The third-order valence-corrected chi connectivity index (χ3v) is 7.05. The summed E-state index contributed by atoms with van der Waals surface area (Å²) in [6.45, 7) is 1.51. The lowest BCUT2D eigenvalue weighted by atomic mass is 10.00. The monoisotopic (exact) mass is 407 g/mol. The Balaban J connectivity index is 1.79. The summed E-state index contributed by atoms with van der Waals surface area (Å²) in [5.41, 5.74) is 2.23. The SMILES string of the molecule is O=S(=O)(c1cccc2ccncc12)n1cc(C2=CCNCC2)c2cc(F)ccc21. The summed E-state index contributed by atoms with van der Waals surface area (Å²) >= 11 is 0.